The zero-order valence-electron chi connectivity index (χ0n) is 15.4. The molecule has 2 saturated heterocycles. The van der Waals surface area contributed by atoms with Crippen LogP contribution in [0.4, 0.5) is 0 Å². The molecule has 1 unspecified atom stereocenters. The van der Waals surface area contributed by atoms with Gasteiger partial charge in [-0.15, -0.1) is 0 Å². The summed E-state index contributed by atoms with van der Waals surface area (Å²) in [6.45, 7) is 4.90. The summed E-state index contributed by atoms with van der Waals surface area (Å²) in [6.07, 6.45) is 5.20. The number of methoxy groups -OCH3 is 1. The van der Waals surface area contributed by atoms with Gasteiger partial charge in [-0.2, -0.15) is 0 Å². The highest BCUT2D eigenvalue weighted by molar-refractivity contribution is 5.78. The van der Waals surface area contributed by atoms with Gasteiger partial charge in [0.15, 0.2) is 0 Å². The van der Waals surface area contributed by atoms with Gasteiger partial charge in [0, 0.05) is 32.2 Å². The summed E-state index contributed by atoms with van der Waals surface area (Å²) >= 11 is 0. The van der Waals surface area contributed by atoms with Crippen molar-refractivity contribution in [1.29, 1.82) is 0 Å². The van der Waals surface area contributed by atoms with E-state index in [-0.39, 0.29) is 0 Å². The number of rotatable bonds is 4. The first-order valence-electron chi connectivity index (χ1n) is 9.64. The smallest absolute Gasteiger partial charge is 0.223 e. The van der Waals surface area contributed by atoms with E-state index in [2.05, 4.69) is 24.0 Å². The quantitative estimate of drug-likeness (QED) is 0.838. The molecule has 1 spiro atoms. The third-order valence-corrected chi connectivity index (χ3v) is 6.92. The number of benzene rings is 1. The Morgan fingerprint density at radius 3 is 2.64 bits per heavy atom. The summed E-state index contributed by atoms with van der Waals surface area (Å²) in [5, 5.41) is 0. The number of amides is 1. The van der Waals surface area contributed by atoms with Gasteiger partial charge >= 0.3 is 0 Å². The van der Waals surface area contributed by atoms with Crippen LogP contribution in [0.5, 0.6) is 5.75 Å². The van der Waals surface area contributed by atoms with Crippen molar-refractivity contribution >= 4 is 5.91 Å². The Bertz CT molecular complexity index is 621. The Kier molecular flexibility index (Phi) is 4.48. The van der Waals surface area contributed by atoms with E-state index in [9.17, 15) is 4.79 Å². The van der Waals surface area contributed by atoms with Crippen LogP contribution in [0.3, 0.4) is 0 Å². The highest BCUT2D eigenvalue weighted by Crippen LogP contribution is 2.51. The van der Waals surface area contributed by atoms with Gasteiger partial charge in [-0.25, -0.2) is 0 Å². The summed E-state index contributed by atoms with van der Waals surface area (Å²) in [6, 6.07) is 8.68. The number of hydrogen-bond donors (Lipinski definition) is 0. The maximum atomic E-state index is 12.9. The standard InChI is InChI=1S/C21H29NO3/c1-15-21(8-11-25-12-9-21)7-10-22(15)20(23)14-17-13-19(17)16-3-5-18(24-2)6-4-16/h3-6,15,17,19H,7-14H2,1-2H3/t15?,17-,19-/m0/s1. The molecule has 2 aliphatic heterocycles. The molecule has 3 fully saturated rings. The van der Waals surface area contributed by atoms with Crippen molar-refractivity contribution in [1.82, 2.24) is 4.90 Å². The van der Waals surface area contributed by atoms with Crippen LogP contribution in [0.25, 0.3) is 0 Å². The lowest BCUT2D eigenvalue weighted by Gasteiger charge is -2.38. The van der Waals surface area contributed by atoms with E-state index < -0.39 is 0 Å². The second-order valence-electron chi connectivity index (χ2n) is 8.07. The molecule has 4 nitrogen and oxygen atoms in total. The van der Waals surface area contributed by atoms with Crippen molar-refractivity contribution in [2.24, 2.45) is 11.3 Å². The number of carbonyl (C=O) groups excluding carboxylic acids is 1. The molecule has 0 bridgehead atoms. The third-order valence-electron chi connectivity index (χ3n) is 6.92. The highest BCUT2D eigenvalue weighted by atomic mass is 16.5. The van der Waals surface area contributed by atoms with E-state index in [1.807, 2.05) is 12.1 Å². The fraction of sp³-hybridized carbons (Fsp3) is 0.667. The van der Waals surface area contributed by atoms with E-state index in [1.165, 1.54) is 5.56 Å². The summed E-state index contributed by atoms with van der Waals surface area (Å²) in [5.41, 5.74) is 1.65. The molecule has 3 aliphatic rings. The molecule has 3 atom stereocenters. The average Bonchev–Trinajstić information content (AvgIpc) is 3.34. The summed E-state index contributed by atoms with van der Waals surface area (Å²) < 4.78 is 10.8. The molecule has 136 valence electrons. The number of carbonyl (C=O) groups is 1. The van der Waals surface area contributed by atoms with E-state index in [4.69, 9.17) is 9.47 Å². The van der Waals surface area contributed by atoms with Crippen LogP contribution in [-0.2, 0) is 9.53 Å². The van der Waals surface area contributed by atoms with E-state index in [1.54, 1.807) is 7.11 Å². The van der Waals surface area contributed by atoms with Crippen LogP contribution in [-0.4, -0.2) is 43.7 Å². The minimum Gasteiger partial charge on any atom is -0.497 e. The Morgan fingerprint density at radius 2 is 1.96 bits per heavy atom. The number of ether oxygens (including phenoxy) is 2. The minimum absolute atomic E-state index is 0.312. The second-order valence-corrected chi connectivity index (χ2v) is 8.07. The summed E-state index contributed by atoms with van der Waals surface area (Å²) in [5.74, 6) is 2.31. The normalized spacial score (nSPS) is 30.5. The van der Waals surface area contributed by atoms with E-state index in [0.29, 0.717) is 35.6 Å². The molecule has 0 N–H and O–H groups in total. The van der Waals surface area contributed by atoms with Crippen molar-refractivity contribution in [3.8, 4) is 5.75 Å². The molecule has 1 saturated carbocycles. The van der Waals surface area contributed by atoms with Crippen LogP contribution < -0.4 is 4.74 Å². The molecule has 4 rings (SSSR count). The lowest BCUT2D eigenvalue weighted by Crippen LogP contribution is -2.43. The van der Waals surface area contributed by atoms with Gasteiger partial charge in [-0.1, -0.05) is 12.1 Å². The number of likely N-dealkylation sites (tertiary alicyclic amines) is 1. The SMILES string of the molecule is COc1ccc([C@@H]2C[C@H]2CC(=O)N2CCC3(CCOCC3)C2C)cc1. The van der Waals surface area contributed by atoms with Gasteiger partial charge in [-0.3, -0.25) is 4.79 Å². The van der Waals surface area contributed by atoms with Gasteiger partial charge in [0.05, 0.1) is 7.11 Å². The first-order valence-corrected chi connectivity index (χ1v) is 9.64. The van der Waals surface area contributed by atoms with Gasteiger partial charge < -0.3 is 14.4 Å². The zero-order chi connectivity index (χ0) is 17.4. The first-order chi connectivity index (χ1) is 12.1. The van der Waals surface area contributed by atoms with Crippen molar-refractivity contribution in [3.05, 3.63) is 29.8 Å². The Hall–Kier alpha value is -1.55. The molecule has 2 heterocycles. The zero-order valence-corrected chi connectivity index (χ0v) is 15.4. The third kappa shape index (κ3) is 3.17. The lowest BCUT2D eigenvalue weighted by molar-refractivity contribution is -0.133. The van der Waals surface area contributed by atoms with Crippen molar-refractivity contribution in [2.45, 2.75) is 51.0 Å². The maximum absolute atomic E-state index is 12.9. The van der Waals surface area contributed by atoms with Gasteiger partial charge in [0.2, 0.25) is 5.91 Å². The molecule has 4 heteroatoms. The molecule has 1 aliphatic carbocycles. The fourth-order valence-corrected chi connectivity index (χ4v) is 4.94. The van der Waals surface area contributed by atoms with Crippen molar-refractivity contribution in [3.63, 3.8) is 0 Å². The van der Waals surface area contributed by atoms with E-state index in [0.717, 1.165) is 51.2 Å². The van der Waals surface area contributed by atoms with Gasteiger partial charge in [0.1, 0.15) is 5.75 Å². The first kappa shape index (κ1) is 16.9. The minimum atomic E-state index is 0.312. The number of nitrogens with zero attached hydrogens (tertiary/aromatic N) is 1. The van der Waals surface area contributed by atoms with Crippen LogP contribution in [0.15, 0.2) is 24.3 Å². The van der Waals surface area contributed by atoms with Crippen LogP contribution in [0.2, 0.25) is 0 Å². The predicted octanol–water partition coefficient (Wildman–Crippen LogP) is 3.61. The van der Waals surface area contributed by atoms with Crippen molar-refractivity contribution < 1.29 is 14.3 Å². The molecule has 0 radical (unpaired) electrons. The second kappa shape index (κ2) is 6.64. The molecule has 1 aromatic carbocycles. The van der Waals surface area contributed by atoms with Crippen LogP contribution in [0.1, 0.15) is 50.5 Å². The Labute approximate surface area is 150 Å². The van der Waals surface area contributed by atoms with E-state index >= 15 is 0 Å². The van der Waals surface area contributed by atoms with Crippen molar-refractivity contribution in [2.75, 3.05) is 26.9 Å². The highest BCUT2D eigenvalue weighted by Gasteiger charge is 2.48. The molecular weight excluding hydrogens is 314 g/mol. The fourth-order valence-electron chi connectivity index (χ4n) is 4.94. The molecular formula is C21H29NO3. The van der Waals surface area contributed by atoms with Gasteiger partial charge in [0.25, 0.3) is 0 Å². The van der Waals surface area contributed by atoms with Crippen LogP contribution >= 0.6 is 0 Å². The molecule has 1 aromatic rings. The Balaban J connectivity index is 1.34. The average molecular weight is 343 g/mol. The summed E-state index contributed by atoms with van der Waals surface area (Å²) in [4.78, 5) is 15.0. The largest absolute Gasteiger partial charge is 0.497 e. The maximum Gasteiger partial charge on any atom is 0.223 e. The summed E-state index contributed by atoms with van der Waals surface area (Å²) in [7, 11) is 1.69. The Morgan fingerprint density at radius 1 is 1.24 bits per heavy atom. The topological polar surface area (TPSA) is 38.8 Å². The van der Waals surface area contributed by atoms with Crippen LogP contribution in [0, 0.1) is 11.3 Å². The number of hydrogen-bond acceptors (Lipinski definition) is 3. The molecule has 0 aromatic heterocycles. The van der Waals surface area contributed by atoms with Gasteiger partial charge in [-0.05, 0) is 67.6 Å². The predicted molar refractivity (Wildman–Crippen MR) is 96.7 cm³/mol. The lowest BCUT2D eigenvalue weighted by atomic mass is 9.74. The monoisotopic (exact) mass is 343 g/mol. The molecule has 25 heavy (non-hydrogen) atoms. The molecule has 1 amide bonds.